The molecule has 0 radical (unpaired) electrons. The first-order valence-corrected chi connectivity index (χ1v) is 4.85. The first-order valence-electron chi connectivity index (χ1n) is 4.85. The standard InChI is InChI=1S/C6H16N2.C3H8O.2CH4/c1-2-3-5-8-6-4-7;1-2-3-4;;/h8H,2-7H2,1H3;4H,2-3H2,1H3;2*1H4. The van der Waals surface area contributed by atoms with E-state index in [0.717, 1.165) is 26.1 Å². The highest BCUT2D eigenvalue weighted by Gasteiger charge is 1.80. The summed E-state index contributed by atoms with van der Waals surface area (Å²) in [4.78, 5) is 0. The van der Waals surface area contributed by atoms with Gasteiger partial charge in [-0.3, -0.25) is 0 Å². The molecule has 0 saturated heterocycles. The minimum Gasteiger partial charge on any atom is -0.396 e. The Morgan fingerprint density at radius 3 is 1.86 bits per heavy atom. The Morgan fingerprint density at radius 1 is 1.07 bits per heavy atom. The van der Waals surface area contributed by atoms with Crippen molar-refractivity contribution in [3.8, 4) is 0 Å². The molecule has 3 nitrogen and oxygen atoms in total. The smallest absolute Gasteiger partial charge is 0.0428 e. The minimum absolute atomic E-state index is 0. The van der Waals surface area contributed by atoms with E-state index in [1.54, 1.807) is 0 Å². The van der Waals surface area contributed by atoms with Gasteiger partial charge in [-0.15, -0.1) is 0 Å². The maximum Gasteiger partial charge on any atom is 0.0428 e. The number of nitrogens with one attached hydrogen (secondary N) is 1. The summed E-state index contributed by atoms with van der Waals surface area (Å²) in [6.07, 6.45) is 3.40. The van der Waals surface area contributed by atoms with Crippen LogP contribution in [0.25, 0.3) is 0 Å². The predicted octanol–water partition coefficient (Wildman–Crippen LogP) is 2.00. The molecule has 14 heavy (non-hydrogen) atoms. The van der Waals surface area contributed by atoms with Crippen LogP contribution in [0.5, 0.6) is 0 Å². The molecule has 0 rings (SSSR count). The summed E-state index contributed by atoms with van der Waals surface area (Å²) >= 11 is 0. The molecular formula is C11H32N2O. The van der Waals surface area contributed by atoms with E-state index in [-0.39, 0.29) is 14.9 Å². The van der Waals surface area contributed by atoms with Gasteiger partial charge in [0.15, 0.2) is 0 Å². The summed E-state index contributed by atoms with van der Waals surface area (Å²) in [5.41, 5.74) is 5.25. The van der Waals surface area contributed by atoms with Gasteiger partial charge in [-0.05, 0) is 19.4 Å². The lowest BCUT2D eigenvalue weighted by Crippen LogP contribution is -2.23. The molecule has 0 atom stereocenters. The molecule has 0 amide bonds. The van der Waals surface area contributed by atoms with Crippen LogP contribution in [0.1, 0.15) is 48.0 Å². The normalized spacial score (nSPS) is 7.71. The molecule has 3 heteroatoms. The highest BCUT2D eigenvalue weighted by molar-refractivity contribution is 4.45. The van der Waals surface area contributed by atoms with Crippen LogP contribution in [0.15, 0.2) is 0 Å². The first-order chi connectivity index (χ1) is 5.83. The second-order valence-electron chi connectivity index (χ2n) is 2.62. The Hall–Kier alpha value is -0.120. The van der Waals surface area contributed by atoms with Crippen LogP contribution >= 0.6 is 0 Å². The maximum absolute atomic E-state index is 7.88. The predicted molar refractivity (Wildman–Crippen MR) is 67.7 cm³/mol. The molecule has 0 aliphatic rings. The zero-order chi connectivity index (χ0) is 9.66. The third-order valence-corrected chi connectivity index (χ3v) is 1.25. The number of aliphatic hydroxyl groups excluding tert-OH is 1. The zero-order valence-corrected chi connectivity index (χ0v) is 8.47. The molecule has 0 aliphatic carbocycles. The minimum atomic E-state index is 0. The summed E-state index contributed by atoms with van der Waals surface area (Å²) in [6.45, 7) is 7.27. The van der Waals surface area contributed by atoms with Crippen molar-refractivity contribution in [3.05, 3.63) is 0 Å². The van der Waals surface area contributed by atoms with Gasteiger partial charge >= 0.3 is 0 Å². The SMILES string of the molecule is C.C.CCCCNCCN.CCCO. The average molecular weight is 208 g/mol. The van der Waals surface area contributed by atoms with Crippen LogP contribution in [0.4, 0.5) is 0 Å². The zero-order valence-electron chi connectivity index (χ0n) is 8.47. The van der Waals surface area contributed by atoms with Crippen molar-refractivity contribution in [2.75, 3.05) is 26.2 Å². The molecule has 0 fully saturated rings. The summed E-state index contributed by atoms with van der Waals surface area (Å²) < 4.78 is 0. The van der Waals surface area contributed by atoms with E-state index >= 15 is 0 Å². The largest absolute Gasteiger partial charge is 0.396 e. The lowest BCUT2D eigenvalue weighted by atomic mass is 10.3. The van der Waals surface area contributed by atoms with E-state index in [1.807, 2.05) is 6.92 Å². The number of aliphatic hydroxyl groups is 1. The van der Waals surface area contributed by atoms with Crippen LogP contribution in [0, 0.1) is 0 Å². The second-order valence-corrected chi connectivity index (χ2v) is 2.62. The lowest BCUT2D eigenvalue weighted by molar-refractivity contribution is 0.295. The molecule has 0 unspecified atom stereocenters. The number of unbranched alkanes of at least 4 members (excludes halogenated alkanes) is 1. The fourth-order valence-electron chi connectivity index (χ4n) is 0.529. The second kappa shape index (κ2) is 29.3. The average Bonchev–Trinajstić information content (AvgIpc) is 2.13. The Morgan fingerprint density at radius 2 is 1.57 bits per heavy atom. The fourth-order valence-corrected chi connectivity index (χ4v) is 0.529. The van der Waals surface area contributed by atoms with Crippen molar-refractivity contribution >= 4 is 0 Å². The third kappa shape index (κ3) is 40.7. The van der Waals surface area contributed by atoms with E-state index in [4.69, 9.17) is 10.8 Å². The van der Waals surface area contributed by atoms with Gasteiger partial charge in [0, 0.05) is 19.7 Å². The lowest BCUT2D eigenvalue weighted by Gasteiger charge is -1.98. The molecule has 92 valence electrons. The fraction of sp³-hybridized carbons (Fsp3) is 1.00. The van der Waals surface area contributed by atoms with E-state index in [1.165, 1.54) is 12.8 Å². The Bertz CT molecular complexity index is 53.2. The van der Waals surface area contributed by atoms with E-state index < -0.39 is 0 Å². The van der Waals surface area contributed by atoms with E-state index in [0.29, 0.717) is 6.61 Å². The van der Waals surface area contributed by atoms with Crippen molar-refractivity contribution in [1.82, 2.24) is 5.32 Å². The summed E-state index contributed by atoms with van der Waals surface area (Å²) in [6, 6.07) is 0. The monoisotopic (exact) mass is 208 g/mol. The molecule has 0 aromatic heterocycles. The number of nitrogens with two attached hydrogens (primary N) is 1. The highest BCUT2D eigenvalue weighted by atomic mass is 16.2. The van der Waals surface area contributed by atoms with Crippen molar-refractivity contribution in [2.45, 2.75) is 48.0 Å². The molecule has 0 saturated carbocycles. The van der Waals surface area contributed by atoms with Gasteiger partial charge in [0.2, 0.25) is 0 Å². The van der Waals surface area contributed by atoms with Crippen LogP contribution in [0.3, 0.4) is 0 Å². The van der Waals surface area contributed by atoms with Crippen molar-refractivity contribution in [1.29, 1.82) is 0 Å². The van der Waals surface area contributed by atoms with Gasteiger partial charge in [0.1, 0.15) is 0 Å². The number of rotatable bonds is 6. The third-order valence-electron chi connectivity index (χ3n) is 1.25. The maximum atomic E-state index is 7.88. The van der Waals surface area contributed by atoms with Crippen molar-refractivity contribution in [3.63, 3.8) is 0 Å². The van der Waals surface area contributed by atoms with Gasteiger partial charge in [-0.2, -0.15) is 0 Å². The molecule has 0 heterocycles. The van der Waals surface area contributed by atoms with Crippen LogP contribution in [0.2, 0.25) is 0 Å². The topological polar surface area (TPSA) is 58.3 Å². The van der Waals surface area contributed by atoms with Gasteiger partial charge in [-0.25, -0.2) is 0 Å². The number of hydrogen-bond donors (Lipinski definition) is 3. The highest BCUT2D eigenvalue weighted by Crippen LogP contribution is 1.80. The Balaban J connectivity index is -0.0000000733. The number of hydrogen-bond acceptors (Lipinski definition) is 3. The van der Waals surface area contributed by atoms with Gasteiger partial charge in [0.25, 0.3) is 0 Å². The van der Waals surface area contributed by atoms with E-state index in [2.05, 4.69) is 12.2 Å². The molecule has 0 aromatic rings. The summed E-state index contributed by atoms with van der Waals surface area (Å²) in [5.74, 6) is 0. The Labute approximate surface area is 91.1 Å². The summed E-state index contributed by atoms with van der Waals surface area (Å²) in [7, 11) is 0. The van der Waals surface area contributed by atoms with Crippen LogP contribution in [-0.4, -0.2) is 31.3 Å². The molecular weight excluding hydrogens is 176 g/mol. The van der Waals surface area contributed by atoms with Crippen LogP contribution < -0.4 is 11.1 Å². The van der Waals surface area contributed by atoms with Gasteiger partial charge in [-0.1, -0.05) is 35.1 Å². The van der Waals surface area contributed by atoms with Crippen LogP contribution in [-0.2, 0) is 0 Å². The molecule has 0 aromatic carbocycles. The van der Waals surface area contributed by atoms with Crippen molar-refractivity contribution < 1.29 is 5.11 Å². The molecule has 0 spiro atoms. The molecule has 4 N–H and O–H groups in total. The molecule has 0 bridgehead atoms. The van der Waals surface area contributed by atoms with Crippen molar-refractivity contribution in [2.24, 2.45) is 5.73 Å². The van der Waals surface area contributed by atoms with Gasteiger partial charge < -0.3 is 16.2 Å². The Kier molecular flexibility index (Phi) is 49.3. The summed E-state index contributed by atoms with van der Waals surface area (Å²) in [5, 5.41) is 11.1. The first kappa shape index (κ1) is 23.6. The molecule has 0 aliphatic heterocycles. The quantitative estimate of drug-likeness (QED) is 0.585. The van der Waals surface area contributed by atoms with E-state index in [9.17, 15) is 0 Å². The van der Waals surface area contributed by atoms with Gasteiger partial charge in [0.05, 0.1) is 0 Å².